The Morgan fingerprint density at radius 3 is 2.05 bits per heavy atom. The van der Waals surface area contributed by atoms with Gasteiger partial charge in [0.1, 0.15) is 28.8 Å². The molecule has 4 aromatic rings. The summed E-state index contributed by atoms with van der Waals surface area (Å²) in [5, 5.41) is 17.8. The molecule has 3 amide bonds. The quantitative estimate of drug-likeness (QED) is 0.125. The molecular formula is C41H50F2N6O9. The van der Waals surface area contributed by atoms with Crippen LogP contribution in [0.25, 0.3) is 11.0 Å². The normalized spacial score (nSPS) is 14.1. The molecule has 3 N–H and O–H groups in total. The lowest BCUT2D eigenvalue weighted by molar-refractivity contribution is -0.111. The number of anilines is 5. The minimum Gasteiger partial charge on any atom is -0.494 e. The molecular weight excluding hydrogens is 758 g/mol. The average molecular weight is 809 g/mol. The lowest BCUT2D eigenvalue weighted by Crippen LogP contribution is -2.46. The molecule has 17 heteroatoms. The van der Waals surface area contributed by atoms with Gasteiger partial charge in [0.05, 0.1) is 42.7 Å². The first-order valence-corrected chi connectivity index (χ1v) is 18.6. The third-order valence-corrected chi connectivity index (χ3v) is 8.97. The van der Waals surface area contributed by atoms with Crippen molar-refractivity contribution in [3.05, 3.63) is 72.1 Å². The molecule has 1 atom stereocenters. The topological polar surface area (TPSA) is 168 Å². The highest BCUT2D eigenvalue weighted by Gasteiger charge is 2.40. The summed E-state index contributed by atoms with van der Waals surface area (Å²) in [6.07, 6.45) is -2.46. The summed E-state index contributed by atoms with van der Waals surface area (Å²) >= 11 is 0. The Labute approximate surface area is 335 Å². The number of piperazine rings is 1. The van der Waals surface area contributed by atoms with Crippen molar-refractivity contribution >= 4 is 57.6 Å². The molecule has 1 aliphatic heterocycles. The first kappa shape index (κ1) is 43.2. The first-order valence-electron chi connectivity index (χ1n) is 18.6. The van der Waals surface area contributed by atoms with Crippen molar-refractivity contribution < 1.29 is 51.6 Å². The van der Waals surface area contributed by atoms with Gasteiger partial charge in [-0.15, -0.1) is 0 Å². The molecule has 15 nitrogen and oxygen atoms in total. The number of aromatic nitrogens is 1. The predicted octanol–water partition coefficient (Wildman–Crippen LogP) is 7.89. The smallest absolute Gasteiger partial charge is 0.424 e. The van der Waals surface area contributed by atoms with E-state index in [1.807, 2.05) is 12.1 Å². The second kappa shape index (κ2) is 17.3. The molecule has 0 saturated carbocycles. The van der Waals surface area contributed by atoms with Crippen LogP contribution < -0.4 is 29.9 Å². The Morgan fingerprint density at radius 2 is 1.53 bits per heavy atom. The van der Waals surface area contributed by atoms with Crippen LogP contribution in [0.2, 0.25) is 0 Å². The molecule has 3 heterocycles. The summed E-state index contributed by atoms with van der Waals surface area (Å²) in [7, 11) is 2.28. The van der Waals surface area contributed by atoms with Gasteiger partial charge >= 0.3 is 12.2 Å². The maximum absolute atomic E-state index is 15.9. The van der Waals surface area contributed by atoms with Gasteiger partial charge in [-0.3, -0.25) is 4.79 Å². The number of imide groups is 1. The van der Waals surface area contributed by atoms with Gasteiger partial charge in [0, 0.05) is 37.9 Å². The van der Waals surface area contributed by atoms with Crippen LogP contribution in [-0.2, 0) is 14.3 Å². The van der Waals surface area contributed by atoms with E-state index in [0.29, 0.717) is 16.3 Å². The number of furan rings is 1. The molecule has 0 spiro atoms. The van der Waals surface area contributed by atoms with Crippen LogP contribution in [0.4, 0.5) is 46.9 Å². The van der Waals surface area contributed by atoms with Crippen molar-refractivity contribution in [2.75, 3.05) is 67.4 Å². The molecule has 0 aliphatic carbocycles. The largest absolute Gasteiger partial charge is 0.494 e. The molecule has 5 rings (SSSR count). The number of benzene rings is 2. The molecule has 1 aliphatic rings. The van der Waals surface area contributed by atoms with Crippen LogP contribution in [-0.4, -0.2) is 91.2 Å². The van der Waals surface area contributed by atoms with Gasteiger partial charge in [0.25, 0.3) is 0 Å². The van der Waals surface area contributed by atoms with Gasteiger partial charge in [-0.25, -0.2) is 23.4 Å². The molecule has 2 aromatic carbocycles. The number of methoxy groups -OCH3 is 2. The number of aliphatic hydroxyl groups excluding tert-OH is 1. The number of carbonyl (C=O) groups excluding carboxylic acids is 3. The van der Waals surface area contributed by atoms with Crippen LogP contribution in [0, 0.1) is 11.6 Å². The Kier molecular flexibility index (Phi) is 12.9. The van der Waals surface area contributed by atoms with Crippen LogP contribution in [0.3, 0.4) is 0 Å². The van der Waals surface area contributed by atoms with Crippen molar-refractivity contribution in [1.29, 1.82) is 0 Å². The molecule has 2 aromatic heterocycles. The van der Waals surface area contributed by atoms with E-state index in [0.717, 1.165) is 64.8 Å². The second-order valence-corrected chi connectivity index (χ2v) is 15.4. The number of amides is 3. The van der Waals surface area contributed by atoms with Crippen molar-refractivity contribution in [2.24, 2.45) is 0 Å². The Morgan fingerprint density at radius 1 is 0.948 bits per heavy atom. The Balaban J connectivity index is 1.71. The summed E-state index contributed by atoms with van der Waals surface area (Å²) in [5.74, 6) is -4.54. The molecule has 0 radical (unpaired) electrons. The van der Waals surface area contributed by atoms with Gasteiger partial charge in [-0.1, -0.05) is 13.5 Å². The fraction of sp³-hybridized carbons (Fsp3) is 0.415. The number of hydrogen-bond donors (Lipinski definition) is 3. The number of pyridine rings is 1. The molecule has 0 bridgehead atoms. The standard InChI is InChI=1S/C41H50F2N6O9/c1-11-31(50)46-26-19-23(48-17-15-47(12-2)16-18-48)13-14-25(26)45-30-20-24-29(22-44-30)56-37(36(51)32-33(42)27(54-9)21-28(55-10)34(32)43)35(24)49(38(52)57-40(3,4)5)39(53)58-41(6,7)8/h11,13-14,19-22,36,51H,1,12,15-18H2,2-10H3,(H,44,45)(H,46,50). The van der Waals surface area contributed by atoms with E-state index in [-0.39, 0.29) is 16.8 Å². The zero-order valence-corrected chi connectivity index (χ0v) is 34.1. The zero-order chi connectivity index (χ0) is 42.7. The van der Waals surface area contributed by atoms with E-state index in [2.05, 4.69) is 38.9 Å². The monoisotopic (exact) mass is 808 g/mol. The van der Waals surface area contributed by atoms with Gasteiger partial charge < -0.3 is 48.9 Å². The van der Waals surface area contributed by atoms with E-state index in [4.69, 9.17) is 23.4 Å². The SMILES string of the molecule is C=CC(=O)Nc1cc(N2CCN(CC)CC2)ccc1Nc1cc2c(N(C(=O)OC(C)(C)C)C(=O)OC(C)(C)C)c(C(O)c3c(F)c(OC)cc(OC)c3F)oc2cn1. The fourth-order valence-corrected chi connectivity index (χ4v) is 6.23. The maximum atomic E-state index is 15.9. The van der Waals surface area contributed by atoms with E-state index < -0.39 is 75.5 Å². The third-order valence-electron chi connectivity index (χ3n) is 8.97. The number of carbonyl (C=O) groups is 3. The number of aliphatic hydroxyl groups is 1. The molecule has 1 unspecified atom stereocenters. The van der Waals surface area contributed by atoms with Crippen molar-refractivity contribution in [2.45, 2.75) is 65.8 Å². The lowest BCUT2D eigenvalue weighted by Gasteiger charge is -2.35. The number of ether oxygens (including phenoxy) is 4. The predicted molar refractivity (Wildman–Crippen MR) is 215 cm³/mol. The highest BCUT2D eigenvalue weighted by Crippen LogP contribution is 2.45. The lowest BCUT2D eigenvalue weighted by atomic mass is 10.0. The summed E-state index contributed by atoms with van der Waals surface area (Å²) < 4.78 is 59.2. The van der Waals surface area contributed by atoms with E-state index in [1.54, 1.807) is 47.6 Å². The second-order valence-electron chi connectivity index (χ2n) is 15.4. The number of rotatable bonds is 11. The number of halogens is 2. The van der Waals surface area contributed by atoms with E-state index >= 15 is 8.78 Å². The average Bonchev–Trinajstić information content (AvgIpc) is 3.52. The van der Waals surface area contributed by atoms with E-state index in [9.17, 15) is 19.5 Å². The van der Waals surface area contributed by atoms with E-state index in [1.165, 1.54) is 12.3 Å². The van der Waals surface area contributed by atoms with Crippen molar-refractivity contribution in [3.63, 3.8) is 0 Å². The fourth-order valence-electron chi connectivity index (χ4n) is 6.23. The summed E-state index contributed by atoms with van der Waals surface area (Å²) in [4.78, 5) is 50.1. The summed E-state index contributed by atoms with van der Waals surface area (Å²) in [6, 6.07) is 7.82. The molecule has 1 saturated heterocycles. The van der Waals surface area contributed by atoms with Crippen molar-refractivity contribution in [1.82, 2.24) is 9.88 Å². The van der Waals surface area contributed by atoms with Crippen molar-refractivity contribution in [3.8, 4) is 11.5 Å². The van der Waals surface area contributed by atoms with Gasteiger partial charge in [-0.05, 0) is 78.4 Å². The minimum absolute atomic E-state index is 0.0268. The number of likely N-dealkylation sites (N-methyl/N-ethyl adjacent to an activating group) is 1. The van der Waals surface area contributed by atoms with Crippen LogP contribution in [0.5, 0.6) is 11.5 Å². The van der Waals surface area contributed by atoms with Gasteiger partial charge in [0.15, 0.2) is 34.5 Å². The van der Waals surface area contributed by atoms with Gasteiger partial charge in [-0.2, -0.15) is 4.90 Å². The highest BCUT2D eigenvalue weighted by molar-refractivity contribution is 6.15. The van der Waals surface area contributed by atoms with Gasteiger partial charge in [0.2, 0.25) is 5.91 Å². The third kappa shape index (κ3) is 9.59. The zero-order valence-electron chi connectivity index (χ0n) is 34.1. The number of nitrogens with zero attached hydrogens (tertiary/aromatic N) is 4. The number of fused-ring (bicyclic) bond motifs is 1. The van der Waals surface area contributed by atoms with Crippen LogP contribution >= 0.6 is 0 Å². The number of nitrogens with one attached hydrogen (secondary N) is 2. The van der Waals surface area contributed by atoms with Crippen LogP contribution in [0.1, 0.15) is 65.9 Å². The Hall–Kier alpha value is -5.94. The first-order chi connectivity index (χ1) is 27.3. The summed E-state index contributed by atoms with van der Waals surface area (Å²) in [6.45, 7) is 19.4. The Bertz CT molecular complexity index is 2130. The minimum atomic E-state index is -2.32. The molecule has 312 valence electrons. The van der Waals surface area contributed by atoms with Crippen LogP contribution in [0.15, 0.2) is 53.6 Å². The highest BCUT2D eigenvalue weighted by atomic mass is 19.1. The number of hydrogen-bond acceptors (Lipinski definition) is 13. The summed E-state index contributed by atoms with van der Waals surface area (Å²) in [5.41, 5.74) is -2.15. The maximum Gasteiger partial charge on any atom is 0.424 e. The molecule has 1 fully saturated rings. The molecule has 58 heavy (non-hydrogen) atoms.